The van der Waals surface area contributed by atoms with Crippen LogP contribution in [0.2, 0.25) is 0 Å². The molecule has 0 bridgehead atoms. The lowest BCUT2D eigenvalue weighted by atomic mass is 10.1. The third-order valence-corrected chi connectivity index (χ3v) is 3.79. The van der Waals surface area contributed by atoms with Crippen molar-refractivity contribution >= 4 is 11.3 Å². The van der Waals surface area contributed by atoms with Gasteiger partial charge in [0.25, 0.3) is 0 Å². The van der Waals surface area contributed by atoms with Gasteiger partial charge in [0, 0.05) is 17.0 Å². The number of aromatic nitrogens is 1. The average molecular weight is 260 g/mol. The normalized spacial score (nSPS) is 12.6. The van der Waals surface area contributed by atoms with Crippen molar-refractivity contribution in [1.82, 2.24) is 10.3 Å². The van der Waals surface area contributed by atoms with Gasteiger partial charge in [-0.05, 0) is 43.5 Å². The van der Waals surface area contributed by atoms with E-state index >= 15 is 0 Å². The molecule has 0 aromatic carbocycles. The lowest BCUT2D eigenvalue weighted by Crippen LogP contribution is -2.24. The lowest BCUT2D eigenvalue weighted by molar-refractivity contribution is 0.520. The van der Waals surface area contributed by atoms with E-state index in [1.165, 1.54) is 4.88 Å². The van der Waals surface area contributed by atoms with E-state index in [0.717, 1.165) is 30.8 Å². The maximum atomic E-state index is 4.65. The van der Waals surface area contributed by atoms with Crippen molar-refractivity contribution in [3.63, 3.8) is 0 Å². The van der Waals surface area contributed by atoms with Gasteiger partial charge >= 0.3 is 0 Å². The fourth-order valence-corrected chi connectivity index (χ4v) is 2.74. The Labute approximate surface area is 113 Å². The Bertz CT molecular complexity index is 465. The second kappa shape index (κ2) is 6.66. The topological polar surface area (TPSA) is 24.9 Å². The molecule has 2 aromatic rings. The van der Waals surface area contributed by atoms with Crippen LogP contribution in [0, 0.1) is 6.92 Å². The fourth-order valence-electron chi connectivity index (χ4n) is 1.99. The molecular weight excluding hydrogens is 240 g/mol. The first-order valence-electron chi connectivity index (χ1n) is 6.49. The minimum absolute atomic E-state index is 0.323. The summed E-state index contributed by atoms with van der Waals surface area (Å²) in [5, 5.41) is 5.73. The van der Waals surface area contributed by atoms with Gasteiger partial charge in [0.15, 0.2) is 0 Å². The highest BCUT2D eigenvalue weighted by Gasteiger charge is 2.13. The first-order chi connectivity index (χ1) is 8.79. The molecule has 2 rings (SSSR count). The molecule has 1 atom stereocenters. The average Bonchev–Trinajstić information content (AvgIpc) is 2.87. The summed E-state index contributed by atoms with van der Waals surface area (Å²) in [7, 11) is 0. The molecule has 0 spiro atoms. The molecule has 0 aliphatic heterocycles. The van der Waals surface area contributed by atoms with Gasteiger partial charge in [-0.3, -0.25) is 4.98 Å². The van der Waals surface area contributed by atoms with Crippen molar-refractivity contribution in [2.75, 3.05) is 6.54 Å². The molecular formula is C15H20N2S. The van der Waals surface area contributed by atoms with Crippen molar-refractivity contribution in [2.45, 2.75) is 32.7 Å². The Balaban J connectivity index is 2.13. The van der Waals surface area contributed by atoms with Crippen LogP contribution in [0.5, 0.6) is 0 Å². The highest BCUT2D eigenvalue weighted by Crippen LogP contribution is 2.20. The summed E-state index contributed by atoms with van der Waals surface area (Å²) in [5.74, 6) is 0. The largest absolute Gasteiger partial charge is 0.308 e. The van der Waals surface area contributed by atoms with Gasteiger partial charge in [-0.2, -0.15) is 0 Å². The summed E-state index contributed by atoms with van der Waals surface area (Å²) in [4.78, 5) is 6.06. The van der Waals surface area contributed by atoms with Crippen molar-refractivity contribution in [3.8, 4) is 0 Å². The Morgan fingerprint density at radius 1 is 1.28 bits per heavy atom. The number of thiophene rings is 1. The predicted octanol–water partition coefficient (Wildman–Crippen LogP) is 3.73. The van der Waals surface area contributed by atoms with Gasteiger partial charge in [-0.1, -0.05) is 19.1 Å². The molecule has 96 valence electrons. The summed E-state index contributed by atoms with van der Waals surface area (Å²) in [6.07, 6.45) is 2.17. The van der Waals surface area contributed by atoms with Crippen LogP contribution >= 0.6 is 11.3 Å². The molecule has 0 radical (unpaired) electrons. The minimum Gasteiger partial charge on any atom is -0.308 e. The molecule has 1 N–H and O–H groups in total. The number of hydrogen-bond acceptors (Lipinski definition) is 3. The molecule has 0 fully saturated rings. The van der Waals surface area contributed by atoms with Crippen molar-refractivity contribution in [2.24, 2.45) is 0 Å². The maximum Gasteiger partial charge on any atom is 0.0580 e. The summed E-state index contributed by atoms with van der Waals surface area (Å²) in [6.45, 7) is 5.27. The third-order valence-electron chi connectivity index (χ3n) is 2.89. The van der Waals surface area contributed by atoms with E-state index in [4.69, 9.17) is 0 Å². The van der Waals surface area contributed by atoms with E-state index < -0.39 is 0 Å². The van der Waals surface area contributed by atoms with Crippen LogP contribution in [0.15, 0.2) is 35.7 Å². The zero-order valence-corrected chi connectivity index (χ0v) is 11.8. The molecule has 0 saturated heterocycles. The highest BCUT2D eigenvalue weighted by atomic mass is 32.1. The number of nitrogens with zero attached hydrogens (tertiary/aromatic N) is 1. The van der Waals surface area contributed by atoms with E-state index in [9.17, 15) is 0 Å². The van der Waals surface area contributed by atoms with Gasteiger partial charge in [0.2, 0.25) is 0 Å². The quantitative estimate of drug-likeness (QED) is 0.856. The van der Waals surface area contributed by atoms with Crippen LogP contribution in [-0.2, 0) is 6.42 Å². The molecule has 1 unspecified atom stereocenters. The molecule has 3 heteroatoms. The summed E-state index contributed by atoms with van der Waals surface area (Å²) < 4.78 is 0. The second-order valence-corrected chi connectivity index (χ2v) is 5.53. The van der Waals surface area contributed by atoms with Gasteiger partial charge in [0.05, 0.1) is 11.7 Å². The van der Waals surface area contributed by atoms with E-state index in [0.29, 0.717) is 6.04 Å². The van der Waals surface area contributed by atoms with Gasteiger partial charge in [-0.25, -0.2) is 0 Å². The monoisotopic (exact) mass is 260 g/mol. The molecule has 18 heavy (non-hydrogen) atoms. The maximum absolute atomic E-state index is 4.65. The molecule has 2 aromatic heterocycles. The van der Waals surface area contributed by atoms with Crippen LogP contribution in [0.1, 0.15) is 35.7 Å². The summed E-state index contributed by atoms with van der Waals surface area (Å²) in [5.41, 5.74) is 2.24. The highest BCUT2D eigenvalue weighted by molar-refractivity contribution is 7.09. The molecule has 2 nitrogen and oxygen atoms in total. The number of rotatable bonds is 6. The lowest BCUT2D eigenvalue weighted by Gasteiger charge is -2.17. The number of aryl methyl sites for hydroxylation is 1. The van der Waals surface area contributed by atoms with Gasteiger partial charge < -0.3 is 5.32 Å². The van der Waals surface area contributed by atoms with E-state index in [-0.39, 0.29) is 0 Å². The van der Waals surface area contributed by atoms with Crippen LogP contribution in [0.4, 0.5) is 0 Å². The van der Waals surface area contributed by atoms with Gasteiger partial charge in [-0.15, -0.1) is 11.3 Å². The Kier molecular flexibility index (Phi) is 4.90. The Morgan fingerprint density at radius 2 is 2.17 bits per heavy atom. The third kappa shape index (κ3) is 3.65. The standard InChI is InChI=1S/C15H20N2S/c1-3-9-16-15(11-13-7-5-10-18-13)14-8-4-6-12(2)17-14/h4-8,10,15-16H,3,9,11H2,1-2H3. The van der Waals surface area contributed by atoms with Crippen LogP contribution in [0.25, 0.3) is 0 Å². The minimum atomic E-state index is 0.323. The smallest absolute Gasteiger partial charge is 0.0580 e. The van der Waals surface area contributed by atoms with E-state index in [1.807, 2.05) is 24.3 Å². The molecule has 0 aliphatic rings. The first kappa shape index (κ1) is 13.2. The number of nitrogens with one attached hydrogen (secondary N) is 1. The molecule has 0 aliphatic carbocycles. The first-order valence-corrected chi connectivity index (χ1v) is 7.37. The zero-order valence-electron chi connectivity index (χ0n) is 11.0. The molecule has 2 heterocycles. The zero-order chi connectivity index (χ0) is 12.8. The SMILES string of the molecule is CCCNC(Cc1cccs1)c1cccc(C)n1. The van der Waals surface area contributed by atoms with Gasteiger partial charge in [0.1, 0.15) is 0 Å². The Morgan fingerprint density at radius 3 is 2.83 bits per heavy atom. The van der Waals surface area contributed by atoms with Crippen molar-refractivity contribution in [1.29, 1.82) is 0 Å². The summed E-state index contributed by atoms with van der Waals surface area (Å²) >= 11 is 1.82. The van der Waals surface area contributed by atoms with E-state index in [1.54, 1.807) is 0 Å². The predicted molar refractivity (Wildman–Crippen MR) is 78.0 cm³/mol. The van der Waals surface area contributed by atoms with Crippen LogP contribution in [0.3, 0.4) is 0 Å². The van der Waals surface area contributed by atoms with Crippen molar-refractivity contribution in [3.05, 3.63) is 52.0 Å². The van der Waals surface area contributed by atoms with E-state index in [2.05, 4.69) is 46.9 Å². The summed E-state index contributed by atoms with van der Waals surface area (Å²) in [6, 6.07) is 10.9. The second-order valence-electron chi connectivity index (χ2n) is 4.49. The fraction of sp³-hybridized carbons (Fsp3) is 0.400. The van der Waals surface area contributed by atoms with Crippen LogP contribution < -0.4 is 5.32 Å². The Hall–Kier alpha value is -1.19. The van der Waals surface area contributed by atoms with Crippen LogP contribution in [-0.4, -0.2) is 11.5 Å². The molecule has 0 amide bonds. The number of pyridine rings is 1. The number of hydrogen-bond donors (Lipinski definition) is 1. The van der Waals surface area contributed by atoms with Crippen molar-refractivity contribution < 1.29 is 0 Å². The molecule has 0 saturated carbocycles.